The number of rotatable bonds is 4. The molecule has 136 valence electrons. The molecule has 2 aromatic carbocycles. The number of pyridine rings is 1. The van der Waals surface area contributed by atoms with E-state index in [2.05, 4.69) is 14.7 Å². The second-order valence-corrected chi connectivity index (χ2v) is 8.18. The second-order valence-electron chi connectivity index (χ2n) is 5.58. The molecule has 0 unspecified atom stereocenters. The smallest absolute Gasteiger partial charge is 0.267 e. The van der Waals surface area contributed by atoms with Gasteiger partial charge in [-0.2, -0.15) is 0 Å². The highest BCUT2D eigenvalue weighted by molar-refractivity contribution is 7.92. The topological polar surface area (TPSA) is 72.0 Å². The Bertz CT molecular complexity index is 1190. The van der Waals surface area contributed by atoms with Crippen LogP contribution in [0.15, 0.2) is 65.7 Å². The predicted molar refractivity (Wildman–Crippen MR) is 100 cm³/mol. The summed E-state index contributed by atoms with van der Waals surface area (Å²) in [5, 5.41) is 0.734. The zero-order valence-electron chi connectivity index (χ0n) is 13.6. The van der Waals surface area contributed by atoms with E-state index in [4.69, 9.17) is 0 Å². The van der Waals surface area contributed by atoms with Gasteiger partial charge in [0.2, 0.25) is 0 Å². The predicted octanol–water partition coefficient (Wildman–Crippen LogP) is 4.44. The van der Waals surface area contributed by atoms with Gasteiger partial charge in [-0.25, -0.2) is 27.2 Å². The first-order valence-corrected chi connectivity index (χ1v) is 10.0. The number of anilines is 1. The standard InChI is InChI=1S/C18H11F2N3O2S2/c19-13-3-1-4-14(20)16(13)27(24,25)23-12-8-6-11(7-9-12)17-22-15-5-2-10-21-18(15)26-17/h1-10,23H. The maximum atomic E-state index is 13.8. The van der Waals surface area contributed by atoms with E-state index in [1.165, 1.54) is 23.5 Å². The quantitative estimate of drug-likeness (QED) is 0.547. The molecule has 9 heteroatoms. The van der Waals surface area contributed by atoms with Crippen molar-refractivity contribution in [2.45, 2.75) is 4.90 Å². The van der Waals surface area contributed by atoms with Crippen LogP contribution in [0.4, 0.5) is 14.5 Å². The minimum absolute atomic E-state index is 0.181. The fourth-order valence-electron chi connectivity index (χ4n) is 2.52. The summed E-state index contributed by atoms with van der Waals surface area (Å²) in [6.07, 6.45) is 1.68. The van der Waals surface area contributed by atoms with Crippen molar-refractivity contribution in [3.05, 3.63) is 72.4 Å². The first-order chi connectivity index (χ1) is 12.9. The molecule has 2 heterocycles. The second kappa shape index (κ2) is 6.67. The Balaban J connectivity index is 1.62. The summed E-state index contributed by atoms with van der Waals surface area (Å²) >= 11 is 1.41. The molecule has 0 aliphatic heterocycles. The molecule has 0 spiro atoms. The summed E-state index contributed by atoms with van der Waals surface area (Å²) in [6, 6.07) is 12.9. The zero-order chi connectivity index (χ0) is 19.0. The van der Waals surface area contributed by atoms with Gasteiger partial charge in [0.05, 0.1) is 0 Å². The summed E-state index contributed by atoms with van der Waals surface area (Å²) < 4.78 is 54.3. The van der Waals surface area contributed by atoms with Gasteiger partial charge >= 0.3 is 0 Å². The lowest BCUT2D eigenvalue weighted by Crippen LogP contribution is -2.16. The van der Waals surface area contributed by atoms with E-state index in [0.717, 1.165) is 39.1 Å². The molecule has 5 nitrogen and oxygen atoms in total. The summed E-state index contributed by atoms with van der Waals surface area (Å²) in [6.45, 7) is 0. The summed E-state index contributed by atoms with van der Waals surface area (Å²) in [5.74, 6) is -2.30. The Labute approximate surface area is 157 Å². The van der Waals surface area contributed by atoms with Crippen LogP contribution in [0.1, 0.15) is 0 Å². The molecule has 4 aromatic rings. The van der Waals surface area contributed by atoms with Crippen LogP contribution in [0.25, 0.3) is 20.9 Å². The highest BCUT2D eigenvalue weighted by atomic mass is 32.2. The van der Waals surface area contributed by atoms with E-state index in [0.29, 0.717) is 0 Å². The first kappa shape index (κ1) is 17.5. The average Bonchev–Trinajstić information content (AvgIpc) is 3.05. The zero-order valence-corrected chi connectivity index (χ0v) is 15.2. The largest absolute Gasteiger partial charge is 0.279 e. The number of thiazole rings is 1. The summed E-state index contributed by atoms with van der Waals surface area (Å²) in [5.41, 5.74) is 1.73. The molecule has 0 radical (unpaired) electrons. The third-order valence-electron chi connectivity index (χ3n) is 3.74. The maximum Gasteiger partial charge on any atom is 0.267 e. The third kappa shape index (κ3) is 3.38. The third-order valence-corrected chi connectivity index (χ3v) is 6.20. The number of aromatic nitrogens is 2. The number of nitrogens with zero attached hydrogens (tertiary/aromatic N) is 2. The number of hydrogen-bond donors (Lipinski definition) is 1. The van der Waals surface area contributed by atoms with Crippen molar-refractivity contribution in [2.24, 2.45) is 0 Å². The number of nitrogens with one attached hydrogen (secondary N) is 1. The van der Waals surface area contributed by atoms with Crippen molar-refractivity contribution in [1.82, 2.24) is 9.97 Å². The summed E-state index contributed by atoms with van der Waals surface area (Å²) in [7, 11) is -4.40. The van der Waals surface area contributed by atoms with E-state index in [9.17, 15) is 17.2 Å². The van der Waals surface area contributed by atoms with Gasteiger partial charge in [-0.15, -0.1) is 0 Å². The average molecular weight is 403 g/mol. The van der Waals surface area contributed by atoms with Crippen LogP contribution in [0.5, 0.6) is 0 Å². The molecule has 2 aromatic heterocycles. The molecule has 0 saturated heterocycles. The van der Waals surface area contributed by atoms with E-state index in [1.54, 1.807) is 24.4 Å². The van der Waals surface area contributed by atoms with E-state index >= 15 is 0 Å². The molecule has 27 heavy (non-hydrogen) atoms. The minimum atomic E-state index is -4.40. The van der Waals surface area contributed by atoms with Gasteiger partial charge in [-0.1, -0.05) is 17.4 Å². The van der Waals surface area contributed by atoms with Crippen molar-refractivity contribution in [1.29, 1.82) is 0 Å². The SMILES string of the molecule is O=S(=O)(Nc1ccc(-c2nc3cccnc3s2)cc1)c1c(F)cccc1F. The Morgan fingerprint density at radius 1 is 0.926 bits per heavy atom. The number of halogens is 2. The number of benzene rings is 2. The van der Waals surface area contributed by atoms with Gasteiger partial charge < -0.3 is 0 Å². The monoisotopic (exact) mass is 403 g/mol. The van der Waals surface area contributed by atoms with Crippen molar-refractivity contribution < 1.29 is 17.2 Å². The van der Waals surface area contributed by atoms with Crippen molar-refractivity contribution in [2.75, 3.05) is 4.72 Å². The van der Waals surface area contributed by atoms with E-state index < -0.39 is 26.6 Å². The molecular formula is C18H11F2N3O2S2. The van der Waals surface area contributed by atoms with Crippen LogP contribution < -0.4 is 4.72 Å². The lowest BCUT2D eigenvalue weighted by atomic mass is 10.2. The lowest BCUT2D eigenvalue weighted by molar-refractivity contribution is 0.521. The Morgan fingerprint density at radius 3 is 2.30 bits per heavy atom. The van der Waals surface area contributed by atoms with Gasteiger partial charge in [0.1, 0.15) is 27.0 Å². The molecule has 0 aliphatic rings. The fourth-order valence-corrected chi connectivity index (χ4v) is 4.63. The van der Waals surface area contributed by atoms with Gasteiger partial charge in [-0.3, -0.25) is 4.72 Å². The minimum Gasteiger partial charge on any atom is -0.279 e. The summed E-state index contributed by atoms with van der Waals surface area (Å²) in [4.78, 5) is 8.50. The van der Waals surface area contributed by atoms with Crippen LogP contribution >= 0.6 is 11.3 Å². The van der Waals surface area contributed by atoms with Crippen molar-refractivity contribution in [3.8, 4) is 10.6 Å². The van der Waals surface area contributed by atoms with Crippen molar-refractivity contribution in [3.63, 3.8) is 0 Å². The Morgan fingerprint density at radius 2 is 1.63 bits per heavy atom. The van der Waals surface area contributed by atoms with E-state index in [-0.39, 0.29) is 5.69 Å². The Kier molecular flexibility index (Phi) is 4.33. The molecule has 4 rings (SSSR count). The van der Waals surface area contributed by atoms with Crippen LogP contribution in [-0.4, -0.2) is 18.4 Å². The van der Waals surface area contributed by atoms with Crippen molar-refractivity contribution >= 4 is 37.4 Å². The molecule has 0 amide bonds. The van der Waals surface area contributed by atoms with Crippen LogP contribution in [0, 0.1) is 11.6 Å². The molecule has 1 N–H and O–H groups in total. The van der Waals surface area contributed by atoms with Gasteiger partial charge in [0.25, 0.3) is 10.0 Å². The molecule has 0 saturated carbocycles. The molecule has 0 bridgehead atoms. The van der Waals surface area contributed by atoms with Gasteiger partial charge in [0.15, 0.2) is 4.90 Å². The van der Waals surface area contributed by atoms with E-state index in [1.807, 2.05) is 6.07 Å². The molecule has 0 fully saturated rings. The van der Waals surface area contributed by atoms with Crippen LogP contribution in [0.2, 0.25) is 0 Å². The fraction of sp³-hybridized carbons (Fsp3) is 0. The maximum absolute atomic E-state index is 13.8. The highest BCUT2D eigenvalue weighted by Gasteiger charge is 2.23. The van der Waals surface area contributed by atoms with Crippen LogP contribution in [0.3, 0.4) is 0 Å². The van der Waals surface area contributed by atoms with Gasteiger partial charge in [-0.05, 0) is 48.5 Å². The van der Waals surface area contributed by atoms with Gasteiger partial charge in [0, 0.05) is 17.4 Å². The highest BCUT2D eigenvalue weighted by Crippen LogP contribution is 2.30. The number of fused-ring (bicyclic) bond motifs is 1. The molecule has 0 aliphatic carbocycles. The first-order valence-electron chi connectivity index (χ1n) is 7.73. The Hall–Kier alpha value is -2.91. The number of hydrogen-bond acceptors (Lipinski definition) is 5. The molecular weight excluding hydrogens is 392 g/mol. The lowest BCUT2D eigenvalue weighted by Gasteiger charge is -2.10. The normalized spacial score (nSPS) is 11.6. The van der Waals surface area contributed by atoms with Crippen LogP contribution in [-0.2, 0) is 10.0 Å². The molecule has 0 atom stereocenters. The number of sulfonamides is 1.